The molecule has 1 aromatic carbocycles. The van der Waals surface area contributed by atoms with E-state index < -0.39 is 15.9 Å². The number of nitrogens with zero attached hydrogens (tertiary/aromatic N) is 1. The predicted octanol–water partition coefficient (Wildman–Crippen LogP) is 2.51. The van der Waals surface area contributed by atoms with Crippen molar-refractivity contribution in [1.29, 1.82) is 0 Å². The van der Waals surface area contributed by atoms with Gasteiger partial charge < -0.3 is 10.1 Å². The van der Waals surface area contributed by atoms with Crippen LogP contribution < -0.4 is 9.62 Å². The van der Waals surface area contributed by atoms with Crippen molar-refractivity contribution in [1.82, 2.24) is 5.32 Å². The third kappa shape index (κ3) is 7.24. The molecule has 0 atom stereocenters. The summed E-state index contributed by atoms with van der Waals surface area (Å²) in [5.41, 5.74) is 0.692. The number of nitrogens with one attached hydrogen (secondary N) is 1. The van der Waals surface area contributed by atoms with E-state index in [-0.39, 0.29) is 12.3 Å². The van der Waals surface area contributed by atoms with E-state index in [0.717, 1.165) is 23.4 Å². The lowest BCUT2D eigenvalue weighted by Gasteiger charge is -2.23. The molecule has 2 rings (SSSR count). The molecule has 0 heterocycles. The third-order valence-electron chi connectivity index (χ3n) is 4.78. The fourth-order valence-corrected chi connectivity index (χ4v) is 4.10. The van der Waals surface area contributed by atoms with Gasteiger partial charge >= 0.3 is 0 Å². The van der Waals surface area contributed by atoms with Crippen LogP contribution in [0.3, 0.4) is 0 Å². The van der Waals surface area contributed by atoms with Gasteiger partial charge in [-0.05, 0) is 38.3 Å². The molecule has 1 aliphatic rings. The Kier molecular flexibility index (Phi) is 8.44. The lowest BCUT2D eigenvalue weighted by atomic mass is 9.98. The summed E-state index contributed by atoms with van der Waals surface area (Å²) < 4.78 is 31.1. The Morgan fingerprint density at radius 3 is 2.57 bits per heavy atom. The van der Waals surface area contributed by atoms with Crippen LogP contribution in [0.2, 0.25) is 0 Å². The number of Topliss-reactive ketones (excluding diaryl/α,β-unsaturated/α-hetero) is 1. The average molecular weight is 411 g/mol. The Labute approximate surface area is 167 Å². The first-order chi connectivity index (χ1) is 13.3. The summed E-state index contributed by atoms with van der Waals surface area (Å²) in [6.07, 6.45) is 7.98. The zero-order valence-electron chi connectivity index (χ0n) is 16.6. The van der Waals surface area contributed by atoms with Crippen LogP contribution in [0.25, 0.3) is 0 Å². The number of carbonyl (C=O) groups is 2. The van der Waals surface area contributed by atoms with E-state index in [4.69, 9.17) is 4.74 Å². The lowest BCUT2D eigenvalue weighted by molar-refractivity contribution is -0.119. The Bertz CT molecular complexity index is 773. The van der Waals surface area contributed by atoms with Gasteiger partial charge in [0.15, 0.2) is 5.78 Å². The fourth-order valence-electron chi connectivity index (χ4n) is 3.25. The highest BCUT2D eigenvalue weighted by Crippen LogP contribution is 2.20. The standard InChI is InChI=1S/C20H30N2O5S/c1-16(23)17-8-6-9-18(14-17)22(28(2,25)26)15-20(24)21-12-7-13-27-19-10-4-3-5-11-19/h6,8-9,14,19H,3-5,7,10-13,15H2,1-2H3,(H,21,24). The van der Waals surface area contributed by atoms with Crippen molar-refractivity contribution in [3.05, 3.63) is 29.8 Å². The average Bonchev–Trinajstić information content (AvgIpc) is 2.66. The van der Waals surface area contributed by atoms with Gasteiger partial charge in [-0.25, -0.2) is 8.42 Å². The molecule has 28 heavy (non-hydrogen) atoms. The zero-order chi connectivity index (χ0) is 20.6. The summed E-state index contributed by atoms with van der Waals surface area (Å²) in [6, 6.07) is 6.26. The van der Waals surface area contributed by atoms with Crippen LogP contribution in [0.4, 0.5) is 5.69 Å². The number of hydrogen-bond acceptors (Lipinski definition) is 5. The molecule has 0 bridgehead atoms. The van der Waals surface area contributed by atoms with Crippen LogP contribution in [0, 0.1) is 0 Å². The predicted molar refractivity (Wildman–Crippen MR) is 109 cm³/mol. The summed E-state index contributed by atoms with van der Waals surface area (Å²) in [4.78, 5) is 23.8. The normalized spacial score (nSPS) is 15.2. The van der Waals surface area contributed by atoms with Gasteiger partial charge in [0.1, 0.15) is 6.54 Å². The Morgan fingerprint density at radius 2 is 1.93 bits per heavy atom. The largest absolute Gasteiger partial charge is 0.378 e. The SMILES string of the molecule is CC(=O)c1cccc(N(CC(=O)NCCCOC2CCCCC2)S(C)(=O)=O)c1. The first kappa shape index (κ1) is 22.4. The molecule has 1 amide bonds. The summed E-state index contributed by atoms with van der Waals surface area (Å²) in [7, 11) is -3.67. The molecular formula is C20H30N2O5S. The molecule has 8 heteroatoms. The highest BCUT2D eigenvalue weighted by Gasteiger charge is 2.21. The summed E-state index contributed by atoms with van der Waals surface area (Å²) in [6.45, 7) is 2.09. The molecular weight excluding hydrogens is 380 g/mol. The van der Waals surface area contributed by atoms with Crippen molar-refractivity contribution in [2.75, 3.05) is 30.3 Å². The van der Waals surface area contributed by atoms with E-state index in [1.165, 1.54) is 32.3 Å². The maximum Gasteiger partial charge on any atom is 0.240 e. The molecule has 0 aliphatic heterocycles. The van der Waals surface area contributed by atoms with Crippen LogP contribution >= 0.6 is 0 Å². The van der Waals surface area contributed by atoms with E-state index in [9.17, 15) is 18.0 Å². The number of anilines is 1. The molecule has 0 radical (unpaired) electrons. The molecule has 0 saturated heterocycles. The second-order valence-electron chi connectivity index (χ2n) is 7.21. The highest BCUT2D eigenvalue weighted by molar-refractivity contribution is 7.92. The minimum absolute atomic E-state index is 0.169. The van der Waals surface area contributed by atoms with E-state index in [0.29, 0.717) is 36.9 Å². The Balaban J connectivity index is 1.84. The first-order valence-electron chi connectivity index (χ1n) is 9.74. The van der Waals surface area contributed by atoms with E-state index in [1.807, 2.05) is 0 Å². The zero-order valence-corrected chi connectivity index (χ0v) is 17.5. The first-order valence-corrected chi connectivity index (χ1v) is 11.6. The number of rotatable bonds is 10. The van der Waals surface area contributed by atoms with E-state index in [1.54, 1.807) is 18.2 Å². The fraction of sp³-hybridized carbons (Fsp3) is 0.600. The van der Waals surface area contributed by atoms with Crippen molar-refractivity contribution in [2.45, 2.75) is 51.6 Å². The van der Waals surface area contributed by atoms with Gasteiger partial charge in [-0.3, -0.25) is 13.9 Å². The maximum atomic E-state index is 12.2. The summed E-state index contributed by atoms with van der Waals surface area (Å²) in [5, 5.41) is 2.74. The molecule has 0 spiro atoms. The van der Waals surface area contributed by atoms with Gasteiger partial charge in [-0.2, -0.15) is 0 Å². The molecule has 1 aromatic rings. The van der Waals surface area contributed by atoms with Crippen molar-refractivity contribution >= 4 is 27.4 Å². The van der Waals surface area contributed by atoms with Gasteiger partial charge in [-0.15, -0.1) is 0 Å². The topological polar surface area (TPSA) is 92.8 Å². The van der Waals surface area contributed by atoms with Gasteiger partial charge in [0.2, 0.25) is 15.9 Å². The number of hydrogen-bond donors (Lipinski definition) is 1. The second-order valence-corrected chi connectivity index (χ2v) is 9.12. The minimum Gasteiger partial charge on any atom is -0.378 e. The van der Waals surface area contributed by atoms with Crippen molar-refractivity contribution in [3.8, 4) is 0 Å². The quantitative estimate of drug-likeness (QED) is 0.473. The molecule has 1 N–H and O–H groups in total. The van der Waals surface area contributed by atoms with Gasteiger partial charge in [0, 0.05) is 18.7 Å². The smallest absolute Gasteiger partial charge is 0.240 e. The van der Waals surface area contributed by atoms with Gasteiger partial charge in [-0.1, -0.05) is 31.4 Å². The van der Waals surface area contributed by atoms with Crippen LogP contribution in [0.5, 0.6) is 0 Å². The van der Waals surface area contributed by atoms with Gasteiger partial charge in [0.05, 0.1) is 18.0 Å². The maximum absolute atomic E-state index is 12.2. The van der Waals surface area contributed by atoms with Crippen LogP contribution in [0.1, 0.15) is 55.8 Å². The molecule has 0 aromatic heterocycles. The minimum atomic E-state index is -3.67. The molecule has 156 valence electrons. The summed E-state index contributed by atoms with van der Waals surface area (Å²) in [5.74, 6) is -0.561. The van der Waals surface area contributed by atoms with Gasteiger partial charge in [0.25, 0.3) is 0 Å². The van der Waals surface area contributed by atoms with Crippen molar-refractivity contribution in [3.63, 3.8) is 0 Å². The molecule has 7 nitrogen and oxygen atoms in total. The Hall–Kier alpha value is -1.93. The number of sulfonamides is 1. The van der Waals surface area contributed by atoms with Crippen molar-refractivity contribution in [2.24, 2.45) is 0 Å². The third-order valence-corrected chi connectivity index (χ3v) is 5.92. The number of benzene rings is 1. The highest BCUT2D eigenvalue weighted by atomic mass is 32.2. The summed E-state index contributed by atoms with van der Waals surface area (Å²) >= 11 is 0. The molecule has 1 aliphatic carbocycles. The molecule has 1 fully saturated rings. The molecule has 0 unspecified atom stereocenters. The lowest BCUT2D eigenvalue weighted by Crippen LogP contribution is -2.40. The van der Waals surface area contributed by atoms with Crippen LogP contribution in [-0.2, 0) is 19.6 Å². The number of amides is 1. The van der Waals surface area contributed by atoms with E-state index >= 15 is 0 Å². The second kappa shape index (κ2) is 10.6. The van der Waals surface area contributed by atoms with Crippen LogP contribution in [0.15, 0.2) is 24.3 Å². The number of carbonyl (C=O) groups excluding carboxylic acids is 2. The van der Waals surface area contributed by atoms with Crippen LogP contribution in [-0.4, -0.2) is 52.2 Å². The Morgan fingerprint density at radius 1 is 1.21 bits per heavy atom. The number of ether oxygens (including phenoxy) is 1. The van der Waals surface area contributed by atoms with Crippen molar-refractivity contribution < 1.29 is 22.7 Å². The number of ketones is 1. The monoisotopic (exact) mass is 410 g/mol. The van der Waals surface area contributed by atoms with E-state index in [2.05, 4.69) is 5.32 Å². The molecule has 1 saturated carbocycles.